The van der Waals surface area contributed by atoms with E-state index in [1.54, 1.807) is 11.0 Å². The number of amides is 1. The SMILES string of the molecule is CCN(CC)C(=O)c1ccc(C2NCCc3cc(CS(=O)(=O)O)ccc32)cc1. The van der Waals surface area contributed by atoms with Gasteiger partial charge in [0, 0.05) is 25.2 Å². The summed E-state index contributed by atoms with van der Waals surface area (Å²) in [5.74, 6) is -0.344. The zero-order valence-corrected chi connectivity index (χ0v) is 17.0. The maximum atomic E-state index is 12.5. The molecule has 3 rings (SSSR count). The zero-order chi connectivity index (χ0) is 20.3. The van der Waals surface area contributed by atoms with E-state index in [1.165, 1.54) is 0 Å². The number of carbonyl (C=O) groups excluding carboxylic acids is 1. The smallest absolute Gasteiger partial charge is 0.269 e. The van der Waals surface area contributed by atoms with E-state index in [1.807, 2.05) is 50.2 Å². The van der Waals surface area contributed by atoms with Crippen LogP contribution in [0.15, 0.2) is 42.5 Å². The summed E-state index contributed by atoms with van der Waals surface area (Å²) in [6.07, 6.45) is 0.795. The minimum Gasteiger partial charge on any atom is -0.339 e. The van der Waals surface area contributed by atoms with Gasteiger partial charge >= 0.3 is 0 Å². The zero-order valence-electron chi connectivity index (χ0n) is 16.2. The van der Waals surface area contributed by atoms with E-state index in [2.05, 4.69) is 5.32 Å². The lowest BCUT2D eigenvalue weighted by Crippen LogP contribution is -2.31. The van der Waals surface area contributed by atoms with Crippen molar-refractivity contribution < 1.29 is 17.8 Å². The second-order valence-electron chi connectivity index (χ2n) is 7.00. The number of benzene rings is 2. The first kappa shape index (κ1) is 20.5. The molecule has 1 heterocycles. The minimum absolute atomic E-state index is 0.0128. The number of fused-ring (bicyclic) bond motifs is 1. The predicted molar refractivity (Wildman–Crippen MR) is 109 cm³/mol. The van der Waals surface area contributed by atoms with Crippen LogP contribution >= 0.6 is 0 Å². The van der Waals surface area contributed by atoms with E-state index in [4.69, 9.17) is 4.55 Å². The van der Waals surface area contributed by atoms with Gasteiger partial charge in [-0.3, -0.25) is 9.35 Å². The number of hydrogen-bond acceptors (Lipinski definition) is 4. The van der Waals surface area contributed by atoms with Crippen molar-refractivity contribution >= 4 is 16.0 Å². The molecule has 0 saturated heterocycles. The van der Waals surface area contributed by atoms with Gasteiger partial charge in [-0.15, -0.1) is 0 Å². The molecule has 1 atom stereocenters. The van der Waals surface area contributed by atoms with Crippen molar-refractivity contribution in [2.75, 3.05) is 19.6 Å². The Labute approximate surface area is 166 Å². The summed E-state index contributed by atoms with van der Waals surface area (Å²) in [6, 6.07) is 13.2. The molecule has 6 nitrogen and oxygen atoms in total. The molecule has 1 aliphatic rings. The monoisotopic (exact) mass is 402 g/mol. The fourth-order valence-electron chi connectivity index (χ4n) is 3.73. The van der Waals surface area contributed by atoms with Crippen LogP contribution in [0.1, 0.15) is 52.5 Å². The lowest BCUT2D eigenvalue weighted by Gasteiger charge is -2.28. The van der Waals surface area contributed by atoms with Crippen molar-refractivity contribution in [2.45, 2.75) is 32.1 Å². The number of nitrogens with one attached hydrogen (secondary N) is 1. The van der Waals surface area contributed by atoms with Gasteiger partial charge in [0.2, 0.25) is 0 Å². The van der Waals surface area contributed by atoms with Crippen molar-refractivity contribution in [3.8, 4) is 0 Å². The molecule has 0 aliphatic carbocycles. The van der Waals surface area contributed by atoms with E-state index in [0.717, 1.165) is 29.7 Å². The molecule has 28 heavy (non-hydrogen) atoms. The maximum absolute atomic E-state index is 12.5. The van der Waals surface area contributed by atoms with Gasteiger partial charge in [0.05, 0.1) is 6.04 Å². The molecular weight excluding hydrogens is 376 g/mol. The highest BCUT2D eigenvalue weighted by Gasteiger charge is 2.22. The number of carbonyl (C=O) groups is 1. The summed E-state index contributed by atoms with van der Waals surface area (Å²) < 4.78 is 31.4. The van der Waals surface area contributed by atoms with Gasteiger partial charge in [-0.1, -0.05) is 30.3 Å². The maximum Gasteiger partial charge on any atom is 0.269 e. The van der Waals surface area contributed by atoms with Gasteiger partial charge in [-0.2, -0.15) is 8.42 Å². The molecule has 1 unspecified atom stereocenters. The van der Waals surface area contributed by atoms with Crippen LogP contribution in [0.5, 0.6) is 0 Å². The molecule has 0 aromatic heterocycles. The van der Waals surface area contributed by atoms with Crippen molar-refractivity contribution in [3.05, 3.63) is 70.3 Å². The Kier molecular flexibility index (Phi) is 6.17. The molecule has 7 heteroatoms. The van der Waals surface area contributed by atoms with E-state index >= 15 is 0 Å². The average molecular weight is 403 g/mol. The molecule has 2 N–H and O–H groups in total. The first-order valence-electron chi connectivity index (χ1n) is 9.52. The summed E-state index contributed by atoms with van der Waals surface area (Å²) in [7, 11) is -4.05. The highest BCUT2D eigenvalue weighted by Crippen LogP contribution is 2.30. The highest BCUT2D eigenvalue weighted by atomic mass is 32.2. The van der Waals surface area contributed by atoms with Gasteiger partial charge < -0.3 is 10.2 Å². The van der Waals surface area contributed by atoms with Crippen molar-refractivity contribution in [1.29, 1.82) is 0 Å². The third-order valence-electron chi connectivity index (χ3n) is 5.15. The summed E-state index contributed by atoms with van der Waals surface area (Å²) in [6.45, 7) is 6.07. The topological polar surface area (TPSA) is 86.7 Å². The summed E-state index contributed by atoms with van der Waals surface area (Å²) in [5, 5.41) is 3.49. The minimum atomic E-state index is -4.05. The molecule has 0 radical (unpaired) electrons. The average Bonchev–Trinajstić information content (AvgIpc) is 2.67. The van der Waals surface area contributed by atoms with E-state index in [-0.39, 0.29) is 17.7 Å². The number of rotatable bonds is 6. The van der Waals surface area contributed by atoms with E-state index < -0.39 is 10.1 Å². The second kappa shape index (κ2) is 8.43. The van der Waals surface area contributed by atoms with E-state index in [9.17, 15) is 13.2 Å². The first-order valence-corrected chi connectivity index (χ1v) is 11.1. The Morgan fingerprint density at radius 3 is 2.43 bits per heavy atom. The van der Waals surface area contributed by atoms with Crippen LogP contribution in [0, 0.1) is 0 Å². The number of nitrogens with zero attached hydrogens (tertiary/aromatic N) is 1. The van der Waals surface area contributed by atoms with Crippen LogP contribution < -0.4 is 5.32 Å². The van der Waals surface area contributed by atoms with Crippen LogP contribution in [0.25, 0.3) is 0 Å². The van der Waals surface area contributed by atoms with Gasteiger partial charge in [0.25, 0.3) is 16.0 Å². The molecule has 150 valence electrons. The molecule has 0 bridgehead atoms. The molecule has 0 saturated carbocycles. The van der Waals surface area contributed by atoms with Crippen molar-refractivity contribution in [3.63, 3.8) is 0 Å². The normalized spacial score (nSPS) is 16.5. The van der Waals surface area contributed by atoms with Crippen LogP contribution in [-0.4, -0.2) is 43.4 Å². The Morgan fingerprint density at radius 2 is 1.82 bits per heavy atom. The molecule has 1 amide bonds. The largest absolute Gasteiger partial charge is 0.339 e. The summed E-state index contributed by atoms with van der Waals surface area (Å²) in [5.41, 5.74) is 4.48. The summed E-state index contributed by atoms with van der Waals surface area (Å²) in [4.78, 5) is 14.3. The van der Waals surface area contributed by atoms with Crippen LogP contribution in [0.4, 0.5) is 0 Å². The Balaban J connectivity index is 1.85. The standard InChI is InChI=1S/C21H26N2O4S/c1-3-23(4-2)21(24)17-8-6-16(7-9-17)20-19-10-5-15(14-28(25,26)27)13-18(19)11-12-22-20/h5-10,13,20,22H,3-4,11-12,14H2,1-2H3,(H,25,26,27). The van der Waals surface area contributed by atoms with E-state index in [0.29, 0.717) is 24.2 Å². The van der Waals surface area contributed by atoms with Crippen molar-refractivity contribution in [2.24, 2.45) is 0 Å². The first-order chi connectivity index (χ1) is 13.3. The summed E-state index contributed by atoms with van der Waals surface area (Å²) >= 11 is 0. The van der Waals surface area contributed by atoms with Crippen LogP contribution in [0.2, 0.25) is 0 Å². The van der Waals surface area contributed by atoms with Crippen LogP contribution in [0.3, 0.4) is 0 Å². The second-order valence-corrected chi connectivity index (χ2v) is 8.45. The van der Waals surface area contributed by atoms with Gasteiger partial charge in [0.15, 0.2) is 0 Å². The lowest BCUT2D eigenvalue weighted by atomic mass is 9.88. The lowest BCUT2D eigenvalue weighted by molar-refractivity contribution is 0.0773. The number of hydrogen-bond donors (Lipinski definition) is 2. The molecule has 0 spiro atoms. The van der Waals surface area contributed by atoms with Crippen LogP contribution in [-0.2, 0) is 22.3 Å². The predicted octanol–water partition coefficient (Wildman–Crippen LogP) is 2.79. The Bertz CT molecular complexity index is 951. The molecule has 2 aromatic rings. The van der Waals surface area contributed by atoms with Gasteiger partial charge in [-0.05, 0) is 54.7 Å². The molecular formula is C21H26N2O4S. The van der Waals surface area contributed by atoms with Gasteiger partial charge in [0.1, 0.15) is 5.75 Å². The third-order valence-corrected chi connectivity index (χ3v) is 5.85. The Morgan fingerprint density at radius 1 is 1.14 bits per heavy atom. The van der Waals surface area contributed by atoms with Gasteiger partial charge in [-0.25, -0.2) is 0 Å². The molecule has 1 aliphatic heterocycles. The van der Waals surface area contributed by atoms with Crippen molar-refractivity contribution in [1.82, 2.24) is 10.2 Å². The Hall–Kier alpha value is -2.22. The fraction of sp³-hybridized carbons (Fsp3) is 0.381. The molecule has 2 aromatic carbocycles. The highest BCUT2D eigenvalue weighted by molar-refractivity contribution is 7.85. The fourth-order valence-corrected chi connectivity index (χ4v) is 4.33. The third kappa shape index (κ3) is 4.60. The molecule has 0 fully saturated rings. The quantitative estimate of drug-likeness (QED) is 0.726.